The molecule has 0 saturated heterocycles. The average Bonchev–Trinajstić information content (AvgIpc) is 2.88. The topological polar surface area (TPSA) is 143 Å². The number of amidine groups is 1. The molecule has 0 radical (unpaired) electrons. The Bertz CT molecular complexity index is 819. The molecule has 0 aliphatic heterocycles. The van der Waals surface area contributed by atoms with E-state index < -0.39 is 17.6 Å². The Morgan fingerprint density at radius 1 is 1.21 bits per heavy atom. The zero-order chi connectivity index (χ0) is 17.7. The van der Waals surface area contributed by atoms with Crippen molar-refractivity contribution in [3.63, 3.8) is 0 Å². The first-order valence-electron chi connectivity index (χ1n) is 7.09. The van der Waals surface area contributed by atoms with Crippen molar-refractivity contribution < 1.29 is 14.7 Å². The minimum Gasteiger partial charge on any atom is -0.481 e. The Hall–Kier alpha value is -3.36. The highest BCUT2D eigenvalue weighted by molar-refractivity contribution is 5.95. The second-order valence-electron chi connectivity index (χ2n) is 5.03. The van der Waals surface area contributed by atoms with Gasteiger partial charge in [-0.2, -0.15) is 0 Å². The van der Waals surface area contributed by atoms with E-state index in [1.165, 1.54) is 21.5 Å². The van der Waals surface area contributed by atoms with Crippen molar-refractivity contribution in [2.75, 3.05) is 6.54 Å². The van der Waals surface area contributed by atoms with Crippen LogP contribution in [0.5, 0.6) is 0 Å². The minimum atomic E-state index is -1.01. The maximum absolute atomic E-state index is 12.3. The fourth-order valence-corrected chi connectivity index (χ4v) is 2.05. The molecule has 1 heterocycles. The predicted molar refractivity (Wildman–Crippen MR) is 86.3 cm³/mol. The maximum atomic E-state index is 12.3. The summed E-state index contributed by atoms with van der Waals surface area (Å²) >= 11 is 0. The zero-order valence-corrected chi connectivity index (χ0v) is 12.7. The summed E-state index contributed by atoms with van der Waals surface area (Å²) in [7, 11) is 0. The van der Waals surface area contributed by atoms with Gasteiger partial charge in [0.25, 0.3) is 0 Å². The molecular weight excluding hydrogens is 314 g/mol. The predicted octanol–water partition coefficient (Wildman–Crippen LogP) is -0.486. The second-order valence-corrected chi connectivity index (χ2v) is 5.03. The van der Waals surface area contributed by atoms with E-state index in [9.17, 15) is 14.4 Å². The number of imidazole rings is 1. The Morgan fingerprint density at radius 2 is 1.88 bits per heavy atom. The molecule has 0 fully saturated rings. The zero-order valence-electron chi connectivity index (χ0n) is 12.7. The number of rotatable bonds is 7. The van der Waals surface area contributed by atoms with Crippen LogP contribution in [-0.4, -0.2) is 38.5 Å². The van der Waals surface area contributed by atoms with Crippen molar-refractivity contribution in [1.29, 1.82) is 5.41 Å². The highest BCUT2D eigenvalue weighted by Crippen LogP contribution is 2.07. The molecule has 0 aliphatic rings. The van der Waals surface area contributed by atoms with E-state index >= 15 is 0 Å². The second kappa shape index (κ2) is 7.27. The van der Waals surface area contributed by atoms with Gasteiger partial charge in [0.2, 0.25) is 5.91 Å². The summed E-state index contributed by atoms with van der Waals surface area (Å²) in [6, 6.07) is 6.55. The number of aromatic nitrogens is 2. The van der Waals surface area contributed by atoms with Crippen LogP contribution < -0.4 is 16.7 Å². The molecule has 2 rings (SSSR count). The lowest BCUT2D eigenvalue weighted by Crippen LogP contribution is -2.33. The summed E-state index contributed by atoms with van der Waals surface area (Å²) in [6.07, 6.45) is 2.82. The number of nitrogens with zero attached hydrogens (tertiary/aromatic N) is 2. The summed E-state index contributed by atoms with van der Waals surface area (Å²) in [6.45, 7) is -0.187. The number of amides is 1. The van der Waals surface area contributed by atoms with Crippen LogP contribution in [0.15, 0.2) is 41.5 Å². The summed E-state index contributed by atoms with van der Waals surface area (Å²) in [5.74, 6) is -1.51. The summed E-state index contributed by atoms with van der Waals surface area (Å²) in [5.41, 5.74) is 6.10. The van der Waals surface area contributed by atoms with Crippen molar-refractivity contribution >= 4 is 17.7 Å². The fraction of sp³-hybridized carbons (Fsp3) is 0.200. The van der Waals surface area contributed by atoms with Crippen LogP contribution in [0.2, 0.25) is 0 Å². The number of aliphatic carboxylic acids is 1. The lowest BCUT2D eigenvalue weighted by Gasteiger charge is -2.05. The van der Waals surface area contributed by atoms with Gasteiger partial charge in [0, 0.05) is 24.5 Å². The Kier molecular flexibility index (Phi) is 5.15. The van der Waals surface area contributed by atoms with E-state index in [1.54, 1.807) is 24.3 Å². The van der Waals surface area contributed by atoms with E-state index in [0.29, 0.717) is 11.3 Å². The standard InChI is InChI=1S/C15H17N5O4/c16-14(17)10-1-3-11(4-2-10)20-8-7-19(15(20)24)9-12(21)18-6-5-13(22)23/h1-4,7-8H,5-6,9H2,(H3,16,17)(H,18,21)(H,22,23). The minimum absolute atomic E-state index is 0.0101. The molecule has 0 aliphatic carbocycles. The first-order chi connectivity index (χ1) is 11.4. The van der Waals surface area contributed by atoms with Gasteiger partial charge in [-0.3, -0.25) is 24.1 Å². The number of carboxylic acid groups (broad SMARTS) is 1. The smallest absolute Gasteiger partial charge is 0.333 e. The van der Waals surface area contributed by atoms with Gasteiger partial charge in [0.05, 0.1) is 12.1 Å². The molecule has 0 spiro atoms. The Morgan fingerprint density at radius 3 is 2.46 bits per heavy atom. The summed E-state index contributed by atoms with van der Waals surface area (Å²) < 4.78 is 2.57. The fourth-order valence-electron chi connectivity index (χ4n) is 2.05. The number of benzene rings is 1. The summed E-state index contributed by atoms with van der Waals surface area (Å²) in [4.78, 5) is 34.4. The molecular formula is C15H17N5O4. The largest absolute Gasteiger partial charge is 0.481 e. The van der Waals surface area contributed by atoms with Gasteiger partial charge in [-0.1, -0.05) is 0 Å². The van der Waals surface area contributed by atoms with E-state index in [4.69, 9.17) is 16.2 Å². The lowest BCUT2D eigenvalue weighted by molar-refractivity contribution is -0.136. The first-order valence-corrected chi connectivity index (χ1v) is 7.09. The van der Waals surface area contributed by atoms with Crippen molar-refractivity contribution in [2.45, 2.75) is 13.0 Å². The van der Waals surface area contributed by atoms with Gasteiger partial charge >= 0.3 is 11.7 Å². The highest BCUT2D eigenvalue weighted by atomic mass is 16.4. The van der Waals surface area contributed by atoms with Crippen LogP contribution in [0.25, 0.3) is 5.69 Å². The van der Waals surface area contributed by atoms with Crippen LogP contribution in [0.3, 0.4) is 0 Å². The van der Waals surface area contributed by atoms with Crippen molar-refractivity contribution in [1.82, 2.24) is 14.5 Å². The van der Waals surface area contributed by atoms with Gasteiger partial charge < -0.3 is 16.2 Å². The number of carboxylic acids is 1. The quantitative estimate of drug-likeness (QED) is 0.400. The van der Waals surface area contributed by atoms with Crippen LogP contribution >= 0.6 is 0 Å². The van der Waals surface area contributed by atoms with E-state index in [1.807, 2.05) is 0 Å². The lowest BCUT2D eigenvalue weighted by atomic mass is 10.2. The molecule has 0 saturated carbocycles. The number of nitrogens with two attached hydrogens (primary N) is 1. The molecule has 0 atom stereocenters. The molecule has 0 unspecified atom stereocenters. The molecule has 0 bridgehead atoms. The maximum Gasteiger partial charge on any atom is 0.333 e. The van der Waals surface area contributed by atoms with Crippen molar-refractivity contribution in [2.24, 2.45) is 5.73 Å². The molecule has 1 aromatic carbocycles. The third kappa shape index (κ3) is 4.09. The molecule has 9 heteroatoms. The monoisotopic (exact) mass is 331 g/mol. The molecule has 126 valence electrons. The number of carbonyl (C=O) groups excluding carboxylic acids is 1. The molecule has 5 N–H and O–H groups in total. The van der Waals surface area contributed by atoms with Crippen molar-refractivity contribution in [3.8, 4) is 5.69 Å². The third-order valence-corrected chi connectivity index (χ3v) is 3.28. The average molecular weight is 331 g/mol. The molecule has 9 nitrogen and oxygen atoms in total. The van der Waals surface area contributed by atoms with E-state index in [0.717, 1.165) is 0 Å². The molecule has 24 heavy (non-hydrogen) atoms. The number of nitrogen functional groups attached to an aromatic ring is 1. The van der Waals surface area contributed by atoms with E-state index in [-0.39, 0.29) is 25.3 Å². The van der Waals surface area contributed by atoms with Gasteiger partial charge in [0.15, 0.2) is 0 Å². The van der Waals surface area contributed by atoms with Crippen LogP contribution in [0.4, 0.5) is 0 Å². The summed E-state index contributed by atoms with van der Waals surface area (Å²) in [5, 5.41) is 18.3. The van der Waals surface area contributed by atoms with Crippen molar-refractivity contribution in [3.05, 3.63) is 52.7 Å². The number of nitrogens with one attached hydrogen (secondary N) is 2. The first kappa shape index (κ1) is 17.0. The Balaban J connectivity index is 2.08. The number of hydrogen-bond acceptors (Lipinski definition) is 4. The van der Waals surface area contributed by atoms with Gasteiger partial charge in [-0.15, -0.1) is 0 Å². The van der Waals surface area contributed by atoms with Gasteiger partial charge in [-0.05, 0) is 24.3 Å². The highest BCUT2D eigenvalue weighted by Gasteiger charge is 2.10. The SMILES string of the molecule is N=C(N)c1ccc(-n2ccn(CC(=O)NCCC(=O)O)c2=O)cc1. The molecule has 1 aromatic heterocycles. The molecule has 2 aromatic rings. The van der Waals surface area contributed by atoms with Crippen LogP contribution in [0.1, 0.15) is 12.0 Å². The van der Waals surface area contributed by atoms with Gasteiger partial charge in [0.1, 0.15) is 12.4 Å². The van der Waals surface area contributed by atoms with Gasteiger partial charge in [-0.25, -0.2) is 4.79 Å². The van der Waals surface area contributed by atoms with E-state index in [2.05, 4.69) is 5.32 Å². The normalized spacial score (nSPS) is 10.3. The van der Waals surface area contributed by atoms with Crippen LogP contribution in [0, 0.1) is 5.41 Å². The number of carbonyl (C=O) groups is 2. The number of hydrogen-bond donors (Lipinski definition) is 4. The molecule has 1 amide bonds. The van der Waals surface area contributed by atoms with Crippen LogP contribution in [-0.2, 0) is 16.1 Å². The Labute approximate surface area is 136 Å². The third-order valence-electron chi connectivity index (χ3n) is 3.28.